The minimum absolute atomic E-state index is 0.131. The molecule has 0 radical (unpaired) electrons. The van der Waals surface area contributed by atoms with Crippen molar-refractivity contribution in [3.8, 4) is 0 Å². The van der Waals surface area contributed by atoms with Crippen LogP contribution in [0.3, 0.4) is 0 Å². The fourth-order valence-corrected chi connectivity index (χ4v) is 1.84. The van der Waals surface area contributed by atoms with Gasteiger partial charge in [-0.2, -0.15) is 0 Å². The van der Waals surface area contributed by atoms with Crippen molar-refractivity contribution in [2.24, 2.45) is 10.9 Å². The Bertz CT molecular complexity index is 443. The summed E-state index contributed by atoms with van der Waals surface area (Å²) in [6.45, 7) is 5.37. The first-order chi connectivity index (χ1) is 10.2. The molecule has 1 aromatic heterocycles. The maximum atomic E-state index is 11.8. The van der Waals surface area contributed by atoms with Crippen LogP contribution in [0.1, 0.15) is 26.7 Å². The molecule has 1 aromatic rings. The van der Waals surface area contributed by atoms with E-state index in [4.69, 9.17) is 0 Å². The molecule has 0 aromatic carbocycles. The van der Waals surface area contributed by atoms with Gasteiger partial charge in [-0.3, -0.25) is 14.8 Å². The number of anilines is 1. The number of guanidine groups is 1. The zero-order valence-corrected chi connectivity index (χ0v) is 13.0. The summed E-state index contributed by atoms with van der Waals surface area (Å²) in [6, 6.07) is 3.57. The van der Waals surface area contributed by atoms with Gasteiger partial charge in [-0.15, -0.1) is 0 Å². The molecule has 0 aliphatic carbocycles. The summed E-state index contributed by atoms with van der Waals surface area (Å²) in [5.74, 6) is 1.13. The van der Waals surface area contributed by atoms with E-state index in [9.17, 15) is 4.79 Å². The maximum Gasteiger partial charge on any atom is 0.243 e. The Hall–Kier alpha value is -2.11. The van der Waals surface area contributed by atoms with Crippen molar-refractivity contribution in [3.63, 3.8) is 0 Å². The number of rotatable bonds is 7. The van der Waals surface area contributed by atoms with E-state index >= 15 is 0 Å². The minimum atomic E-state index is -0.131. The van der Waals surface area contributed by atoms with Crippen LogP contribution in [-0.4, -0.2) is 37.0 Å². The average Bonchev–Trinajstić information content (AvgIpc) is 2.52. The van der Waals surface area contributed by atoms with E-state index in [-0.39, 0.29) is 12.5 Å². The van der Waals surface area contributed by atoms with Crippen LogP contribution in [0.5, 0.6) is 0 Å². The normalized spacial score (nSPS) is 11.3. The lowest BCUT2D eigenvalue weighted by molar-refractivity contribution is -0.115. The Labute approximate surface area is 126 Å². The van der Waals surface area contributed by atoms with Crippen LogP contribution in [0.15, 0.2) is 29.5 Å². The second kappa shape index (κ2) is 9.74. The highest BCUT2D eigenvalue weighted by Crippen LogP contribution is 2.04. The minimum Gasteiger partial charge on any atom is -0.356 e. The summed E-state index contributed by atoms with van der Waals surface area (Å²) >= 11 is 0. The highest BCUT2D eigenvalue weighted by molar-refractivity contribution is 5.94. The van der Waals surface area contributed by atoms with E-state index in [2.05, 4.69) is 39.8 Å². The molecule has 0 saturated heterocycles. The fraction of sp³-hybridized carbons (Fsp3) is 0.533. The number of nitrogens with one attached hydrogen (secondary N) is 3. The second-order valence-corrected chi connectivity index (χ2v) is 4.78. The highest BCUT2D eigenvalue weighted by atomic mass is 16.1. The van der Waals surface area contributed by atoms with Gasteiger partial charge in [0.15, 0.2) is 5.96 Å². The second-order valence-electron chi connectivity index (χ2n) is 4.78. The molecule has 0 saturated carbocycles. The van der Waals surface area contributed by atoms with Gasteiger partial charge in [-0.25, -0.2) is 0 Å². The highest BCUT2D eigenvalue weighted by Gasteiger charge is 2.07. The molecule has 1 heterocycles. The lowest BCUT2D eigenvalue weighted by Crippen LogP contribution is -2.43. The Morgan fingerprint density at radius 2 is 2.10 bits per heavy atom. The van der Waals surface area contributed by atoms with Gasteiger partial charge in [0.1, 0.15) is 0 Å². The van der Waals surface area contributed by atoms with Crippen molar-refractivity contribution in [2.45, 2.75) is 26.7 Å². The third-order valence-electron chi connectivity index (χ3n) is 3.30. The van der Waals surface area contributed by atoms with E-state index < -0.39 is 0 Å². The van der Waals surface area contributed by atoms with Crippen LogP contribution in [0, 0.1) is 5.92 Å². The molecular weight excluding hydrogens is 266 g/mol. The number of hydrogen-bond acceptors (Lipinski definition) is 3. The standard InChI is InChI=1S/C15H25N5O/c1-4-12(5-2)9-18-15(16-3)19-11-14(21)20-13-7-6-8-17-10-13/h6-8,10,12H,4-5,9,11H2,1-3H3,(H,20,21)(H2,16,18,19). The summed E-state index contributed by atoms with van der Waals surface area (Å²) in [5.41, 5.74) is 0.685. The SMILES string of the molecule is CCC(CC)CNC(=NC)NCC(=O)Nc1cccnc1. The van der Waals surface area contributed by atoms with Gasteiger partial charge >= 0.3 is 0 Å². The van der Waals surface area contributed by atoms with E-state index in [1.807, 2.05) is 0 Å². The number of carbonyl (C=O) groups excluding carboxylic acids is 1. The van der Waals surface area contributed by atoms with Crippen LogP contribution in [0.2, 0.25) is 0 Å². The lowest BCUT2D eigenvalue weighted by Gasteiger charge is -2.16. The number of amides is 1. The molecule has 0 bridgehead atoms. The van der Waals surface area contributed by atoms with Crippen LogP contribution < -0.4 is 16.0 Å². The number of hydrogen-bond donors (Lipinski definition) is 3. The molecule has 3 N–H and O–H groups in total. The zero-order chi connectivity index (χ0) is 15.5. The third-order valence-corrected chi connectivity index (χ3v) is 3.30. The molecule has 116 valence electrons. The van der Waals surface area contributed by atoms with Crippen LogP contribution >= 0.6 is 0 Å². The number of carbonyl (C=O) groups is 1. The number of pyridine rings is 1. The molecule has 6 nitrogen and oxygen atoms in total. The van der Waals surface area contributed by atoms with Gasteiger partial charge in [-0.05, 0) is 18.1 Å². The predicted molar refractivity (Wildman–Crippen MR) is 86.3 cm³/mol. The zero-order valence-electron chi connectivity index (χ0n) is 13.0. The predicted octanol–water partition coefficient (Wildman–Crippen LogP) is 1.62. The van der Waals surface area contributed by atoms with Crippen molar-refractivity contribution >= 4 is 17.6 Å². The Kier molecular flexibility index (Phi) is 7.86. The monoisotopic (exact) mass is 291 g/mol. The summed E-state index contributed by atoms with van der Waals surface area (Å²) in [6.07, 6.45) is 5.53. The average molecular weight is 291 g/mol. The van der Waals surface area contributed by atoms with Gasteiger partial charge in [0, 0.05) is 19.8 Å². The Balaban J connectivity index is 2.33. The van der Waals surface area contributed by atoms with Crippen LogP contribution in [-0.2, 0) is 4.79 Å². The van der Waals surface area contributed by atoms with Gasteiger partial charge in [0.25, 0.3) is 0 Å². The van der Waals surface area contributed by atoms with Crippen molar-refractivity contribution in [1.82, 2.24) is 15.6 Å². The number of aromatic nitrogens is 1. The molecule has 0 atom stereocenters. The quantitative estimate of drug-likeness (QED) is 0.527. The van der Waals surface area contributed by atoms with Gasteiger partial charge in [-0.1, -0.05) is 26.7 Å². The third kappa shape index (κ3) is 6.74. The van der Waals surface area contributed by atoms with E-state index in [1.54, 1.807) is 31.6 Å². The number of aliphatic imine (C=N–C) groups is 1. The van der Waals surface area contributed by atoms with Gasteiger partial charge < -0.3 is 16.0 Å². The van der Waals surface area contributed by atoms with Crippen molar-refractivity contribution in [1.29, 1.82) is 0 Å². The number of nitrogens with zero attached hydrogens (tertiary/aromatic N) is 2. The molecule has 0 spiro atoms. The summed E-state index contributed by atoms with van der Waals surface area (Å²) in [4.78, 5) is 19.9. The maximum absolute atomic E-state index is 11.8. The largest absolute Gasteiger partial charge is 0.356 e. The van der Waals surface area contributed by atoms with E-state index in [0.717, 1.165) is 19.4 Å². The molecular formula is C15H25N5O. The van der Waals surface area contributed by atoms with Gasteiger partial charge in [0.05, 0.1) is 18.4 Å². The molecule has 1 rings (SSSR count). The van der Waals surface area contributed by atoms with Crippen molar-refractivity contribution in [2.75, 3.05) is 25.5 Å². The van der Waals surface area contributed by atoms with Crippen LogP contribution in [0.4, 0.5) is 5.69 Å². The molecule has 0 unspecified atom stereocenters. The molecule has 0 aliphatic heterocycles. The summed E-state index contributed by atoms with van der Waals surface area (Å²) in [5, 5.41) is 9.00. The molecule has 0 fully saturated rings. The van der Waals surface area contributed by atoms with E-state index in [1.165, 1.54) is 0 Å². The van der Waals surface area contributed by atoms with E-state index in [0.29, 0.717) is 17.6 Å². The molecule has 21 heavy (non-hydrogen) atoms. The first-order valence-corrected chi connectivity index (χ1v) is 7.33. The Morgan fingerprint density at radius 3 is 2.67 bits per heavy atom. The van der Waals surface area contributed by atoms with Crippen molar-refractivity contribution < 1.29 is 4.79 Å². The molecule has 0 aliphatic rings. The smallest absolute Gasteiger partial charge is 0.243 e. The molecule has 1 amide bonds. The summed E-state index contributed by atoms with van der Waals surface area (Å²) < 4.78 is 0. The first kappa shape index (κ1) is 16.9. The van der Waals surface area contributed by atoms with Gasteiger partial charge in [0.2, 0.25) is 5.91 Å². The summed E-state index contributed by atoms with van der Waals surface area (Å²) in [7, 11) is 1.70. The topological polar surface area (TPSA) is 78.4 Å². The van der Waals surface area contributed by atoms with Crippen molar-refractivity contribution in [3.05, 3.63) is 24.5 Å². The lowest BCUT2D eigenvalue weighted by atomic mass is 10.0. The first-order valence-electron chi connectivity index (χ1n) is 7.33. The van der Waals surface area contributed by atoms with Crippen LogP contribution in [0.25, 0.3) is 0 Å². The molecule has 6 heteroatoms. The fourth-order valence-electron chi connectivity index (χ4n) is 1.84. The Morgan fingerprint density at radius 1 is 1.33 bits per heavy atom.